The van der Waals surface area contributed by atoms with Gasteiger partial charge in [0.1, 0.15) is 5.82 Å². The normalized spacial score (nSPS) is 12.4. The van der Waals surface area contributed by atoms with Gasteiger partial charge in [0.15, 0.2) is 0 Å². The number of aromatic amines is 1. The van der Waals surface area contributed by atoms with E-state index in [4.69, 9.17) is 17.3 Å². The molecule has 0 fully saturated rings. The van der Waals surface area contributed by atoms with Crippen LogP contribution in [0.25, 0.3) is 0 Å². The molecule has 0 aliphatic carbocycles. The van der Waals surface area contributed by atoms with E-state index in [2.05, 4.69) is 10.2 Å². The molecule has 0 aliphatic heterocycles. The number of benzene rings is 1. The van der Waals surface area contributed by atoms with Crippen molar-refractivity contribution in [3.05, 3.63) is 52.1 Å². The second kappa shape index (κ2) is 5.50. The second-order valence-corrected chi connectivity index (χ2v) is 4.56. The number of halogens is 2. The molecule has 1 aromatic carbocycles. The number of ketones is 1. The Balaban J connectivity index is 2.54. The van der Waals surface area contributed by atoms with Crippen LogP contribution >= 0.6 is 11.6 Å². The lowest BCUT2D eigenvalue weighted by Gasteiger charge is -2.13. The topological polar surface area (TPSA) is 71.8 Å². The third-order valence-electron chi connectivity index (χ3n) is 2.95. The first-order chi connectivity index (χ1) is 9.06. The van der Waals surface area contributed by atoms with Gasteiger partial charge in [-0.05, 0) is 12.5 Å². The molecular weight excluding hydrogens is 269 g/mol. The van der Waals surface area contributed by atoms with Gasteiger partial charge >= 0.3 is 0 Å². The lowest BCUT2D eigenvalue weighted by atomic mass is 9.98. The predicted molar refractivity (Wildman–Crippen MR) is 70.6 cm³/mol. The van der Waals surface area contributed by atoms with Gasteiger partial charge in [0.2, 0.25) is 5.78 Å². The number of carbonyl (C=O) groups is 1. The van der Waals surface area contributed by atoms with Crippen LogP contribution in [0.4, 0.5) is 4.39 Å². The Morgan fingerprint density at radius 3 is 2.89 bits per heavy atom. The van der Waals surface area contributed by atoms with Gasteiger partial charge in [-0.15, -0.1) is 0 Å². The molecule has 3 N–H and O–H groups in total. The fraction of sp³-hybridized carbons (Fsp3) is 0.231. The standard InChI is InChI=1S/C13H13ClFN3O/c1-2-10(16)8-3-4-9(14)11(12(8)15)13(19)7-5-17-18-6-7/h3-6,10H,2,16H2,1H3,(H,17,18)/t10-/m1/s1. The van der Waals surface area contributed by atoms with E-state index in [0.717, 1.165) is 0 Å². The van der Waals surface area contributed by atoms with Crippen LogP contribution in [0.5, 0.6) is 0 Å². The van der Waals surface area contributed by atoms with Gasteiger partial charge in [0.25, 0.3) is 0 Å². The van der Waals surface area contributed by atoms with Crippen molar-refractivity contribution in [2.75, 3.05) is 0 Å². The van der Waals surface area contributed by atoms with E-state index in [1.54, 1.807) is 0 Å². The van der Waals surface area contributed by atoms with Gasteiger partial charge in [-0.3, -0.25) is 9.89 Å². The molecule has 1 atom stereocenters. The Morgan fingerprint density at radius 2 is 2.32 bits per heavy atom. The lowest BCUT2D eigenvalue weighted by molar-refractivity contribution is 0.103. The summed E-state index contributed by atoms with van der Waals surface area (Å²) in [5.74, 6) is -1.17. The monoisotopic (exact) mass is 281 g/mol. The molecule has 2 rings (SSSR count). The van der Waals surface area contributed by atoms with Crippen molar-refractivity contribution in [1.29, 1.82) is 0 Å². The van der Waals surface area contributed by atoms with Gasteiger partial charge in [-0.25, -0.2) is 4.39 Å². The first kappa shape index (κ1) is 13.7. The number of rotatable bonds is 4. The van der Waals surface area contributed by atoms with Crippen molar-refractivity contribution in [1.82, 2.24) is 10.2 Å². The molecule has 2 aromatic rings. The molecular formula is C13H13ClFN3O. The van der Waals surface area contributed by atoms with E-state index in [0.29, 0.717) is 12.0 Å². The van der Waals surface area contributed by atoms with Crippen LogP contribution in [-0.4, -0.2) is 16.0 Å². The minimum Gasteiger partial charge on any atom is -0.324 e. The summed E-state index contributed by atoms with van der Waals surface area (Å²) in [6.45, 7) is 1.84. The van der Waals surface area contributed by atoms with Crippen molar-refractivity contribution in [2.45, 2.75) is 19.4 Å². The maximum atomic E-state index is 14.4. The summed E-state index contributed by atoms with van der Waals surface area (Å²) >= 11 is 5.93. The Bertz CT molecular complexity index is 598. The Labute approximate surface area is 114 Å². The highest BCUT2D eigenvalue weighted by Crippen LogP contribution is 2.28. The zero-order chi connectivity index (χ0) is 14.0. The van der Waals surface area contributed by atoms with Gasteiger partial charge in [-0.2, -0.15) is 5.10 Å². The zero-order valence-corrected chi connectivity index (χ0v) is 11.0. The molecule has 0 radical (unpaired) electrons. The summed E-state index contributed by atoms with van der Waals surface area (Å²) in [6.07, 6.45) is 3.28. The van der Waals surface area contributed by atoms with Gasteiger partial charge in [0.05, 0.1) is 22.3 Å². The number of nitrogens with zero attached hydrogens (tertiary/aromatic N) is 1. The average molecular weight is 282 g/mol. The van der Waals surface area contributed by atoms with Gasteiger partial charge in [-0.1, -0.05) is 24.6 Å². The maximum Gasteiger partial charge on any atom is 0.200 e. The smallest absolute Gasteiger partial charge is 0.200 e. The molecule has 0 unspecified atom stereocenters. The third-order valence-corrected chi connectivity index (χ3v) is 3.26. The van der Waals surface area contributed by atoms with Crippen LogP contribution < -0.4 is 5.73 Å². The molecule has 0 saturated heterocycles. The van der Waals surface area contributed by atoms with Crippen LogP contribution in [0.15, 0.2) is 24.5 Å². The van der Waals surface area contributed by atoms with Crippen molar-refractivity contribution < 1.29 is 9.18 Å². The first-order valence-corrected chi connectivity index (χ1v) is 6.21. The number of nitrogens with one attached hydrogen (secondary N) is 1. The van der Waals surface area contributed by atoms with Crippen LogP contribution in [0.3, 0.4) is 0 Å². The molecule has 0 spiro atoms. The van der Waals surface area contributed by atoms with Crippen molar-refractivity contribution in [3.63, 3.8) is 0 Å². The first-order valence-electron chi connectivity index (χ1n) is 5.83. The Morgan fingerprint density at radius 1 is 1.58 bits per heavy atom. The van der Waals surface area contributed by atoms with Crippen LogP contribution in [-0.2, 0) is 0 Å². The fourth-order valence-corrected chi connectivity index (χ4v) is 2.03. The molecule has 0 aliphatic rings. The van der Waals surface area contributed by atoms with Crippen molar-refractivity contribution >= 4 is 17.4 Å². The van der Waals surface area contributed by atoms with Crippen molar-refractivity contribution in [2.24, 2.45) is 5.73 Å². The number of carbonyl (C=O) groups excluding carboxylic acids is 1. The molecule has 1 heterocycles. The molecule has 0 saturated carbocycles. The van der Waals surface area contributed by atoms with E-state index in [9.17, 15) is 9.18 Å². The van der Waals surface area contributed by atoms with E-state index < -0.39 is 17.6 Å². The minimum atomic E-state index is -0.659. The number of hydrogen-bond acceptors (Lipinski definition) is 3. The van der Waals surface area contributed by atoms with Crippen LogP contribution in [0.1, 0.15) is 40.9 Å². The quantitative estimate of drug-likeness (QED) is 0.847. The molecule has 6 heteroatoms. The lowest BCUT2D eigenvalue weighted by Crippen LogP contribution is -2.14. The molecule has 0 amide bonds. The molecule has 4 nitrogen and oxygen atoms in total. The van der Waals surface area contributed by atoms with E-state index >= 15 is 0 Å². The highest BCUT2D eigenvalue weighted by Gasteiger charge is 2.23. The second-order valence-electron chi connectivity index (χ2n) is 4.16. The molecule has 100 valence electrons. The minimum absolute atomic E-state index is 0.0655. The Hall–Kier alpha value is -1.72. The summed E-state index contributed by atoms with van der Waals surface area (Å²) in [4.78, 5) is 12.2. The van der Waals surface area contributed by atoms with Gasteiger partial charge < -0.3 is 5.73 Å². The maximum absolute atomic E-state index is 14.4. The molecule has 0 bridgehead atoms. The zero-order valence-electron chi connectivity index (χ0n) is 10.3. The SMILES string of the molecule is CC[C@@H](N)c1ccc(Cl)c(C(=O)c2cn[nH]c2)c1F. The predicted octanol–water partition coefficient (Wildman–Crippen LogP) is 2.84. The summed E-state index contributed by atoms with van der Waals surface area (Å²) in [6, 6.07) is 2.54. The van der Waals surface area contributed by atoms with E-state index in [-0.39, 0.29) is 16.1 Å². The number of hydrogen-bond donors (Lipinski definition) is 2. The van der Waals surface area contributed by atoms with Crippen molar-refractivity contribution in [3.8, 4) is 0 Å². The summed E-state index contributed by atoms with van der Waals surface area (Å²) in [7, 11) is 0. The third kappa shape index (κ3) is 2.52. The highest BCUT2D eigenvalue weighted by atomic mass is 35.5. The highest BCUT2D eigenvalue weighted by molar-refractivity contribution is 6.35. The molecule has 19 heavy (non-hydrogen) atoms. The molecule has 1 aromatic heterocycles. The summed E-state index contributed by atoms with van der Waals surface area (Å²) in [5, 5.41) is 6.24. The largest absolute Gasteiger partial charge is 0.324 e. The number of H-pyrrole nitrogens is 1. The summed E-state index contributed by atoms with van der Waals surface area (Å²) < 4.78 is 14.4. The van der Waals surface area contributed by atoms with Crippen LogP contribution in [0, 0.1) is 5.82 Å². The van der Waals surface area contributed by atoms with Gasteiger partial charge in [0, 0.05) is 17.8 Å². The fourth-order valence-electron chi connectivity index (χ4n) is 1.80. The Kier molecular flexibility index (Phi) is 3.97. The average Bonchev–Trinajstić information content (AvgIpc) is 2.91. The van der Waals surface area contributed by atoms with E-state index in [1.165, 1.54) is 24.5 Å². The summed E-state index contributed by atoms with van der Waals surface area (Å²) in [5.41, 5.74) is 6.20. The van der Waals surface area contributed by atoms with E-state index in [1.807, 2.05) is 6.92 Å². The number of nitrogens with two attached hydrogens (primary N) is 1. The number of aromatic nitrogens is 2. The van der Waals surface area contributed by atoms with Crippen LogP contribution in [0.2, 0.25) is 5.02 Å².